The molecule has 1 aliphatic heterocycles. The molecule has 0 aliphatic carbocycles. The van der Waals surface area contributed by atoms with Crippen LogP contribution >= 0.6 is 11.6 Å². The Bertz CT molecular complexity index is 1140. The Kier molecular flexibility index (Phi) is 5.31. The molecular weight excluding hydrogens is 400 g/mol. The second-order valence-corrected chi connectivity index (χ2v) is 6.86. The number of carbonyl (C=O) groups excluding carboxylic acids is 1. The van der Waals surface area contributed by atoms with Crippen molar-refractivity contribution in [3.05, 3.63) is 63.0 Å². The third kappa shape index (κ3) is 4.30. The van der Waals surface area contributed by atoms with Gasteiger partial charge in [-0.15, -0.1) is 0 Å². The van der Waals surface area contributed by atoms with Crippen LogP contribution in [0.3, 0.4) is 0 Å². The molecule has 150 valence electrons. The van der Waals surface area contributed by atoms with Crippen molar-refractivity contribution in [1.29, 1.82) is 0 Å². The van der Waals surface area contributed by atoms with Crippen molar-refractivity contribution in [2.75, 3.05) is 19.8 Å². The molecule has 0 amide bonds. The number of ether oxygens (including phenoxy) is 4. The first-order chi connectivity index (χ1) is 14.0. The monoisotopic (exact) mass is 416 g/mol. The minimum atomic E-state index is -0.554. The lowest BCUT2D eigenvalue weighted by Gasteiger charge is -2.20. The SMILES string of the molecule is Cc1cc(=O)oc2cc(OCC(=O)OCc3cc(Cl)c4c(c3)OCCO4)ccc12. The van der Waals surface area contributed by atoms with Crippen LogP contribution in [0.4, 0.5) is 0 Å². The first-order valence-corrected chi connectivity index (χ1v) is 9.28. The van der Waals surface area contributed by atoms with Crippen LogP contribution in [-0.2, 0) is 16.1 Å². The zero-order valence-electron chi connectivity index (χ0n) is 15.5. The largest absolute Gasteiger partial charge is 0.486 e. The van der Waals surface area contributed by atoms with E-state index in [2.05, 4.69) is 0 Å². The molecule has 1 aromatic heterocycles. The zero-order valence-corrected chi connectivity index (χ0v) is 16.3. The Hall–Kier alpha value is -3.19. The number of rotatable bonds is 5. The highest BCUT2D eigenvalue weighted by molar-refractivity contribution is 6.32. The minimum Gasteiger partial charge on any atom is -0.486 e. The number of benzene rings is 2. The molecule has 7 nitrogen and oxygen atoms in total. The summed E-state index contributed by atoms with van der Waals surface area (Å²) in [5.74, 6) is 0.862. The van der Waals surface area contributed by atoms with Gasteiger partial charge in [0.05, 0.1) is 5.02 Å². The standard InChI is InChI=1S/C21H17ClO7/c1-12-6-19(23)29-17-9-14(2-3-15(12)17)27-11-20(24)28-10-13-7-16(22)21-18(8-13)25-4-5-26-21/h2-3,6-9H,4-5,10-11H2,1H3. The van der Waals surface area contributed by atoms with Crippen molar-refractivity contribution in [3.8, 4) is 17.2 Å². The molecule has 2 aromatic carbocycles. The highest BCUT2D eigenvalue weighted by Gasteiger charge is 2.17. The molecule has 8 heteroatoms. The lowest BCUT2D eigenvalue weighted by atomic mass is 10.1. The molecule has 0 atom stereocenters. The Labute approximate surface area is 170 Å². The first-order valence-electron chi connectivity index (χ1n) is 8.90. The first kappa shape index (κ1) is 19.1. The van der Waals surface area contributed by atoms with Gasteiger partial charge in [-0.3, -0.25) is 0 Å². The van der Waals surface area contributed by atoms with Crippen LogP contribution in [0.1, 0.15) is 11.1 Å². The summed E-state index contributed by atoms with van der Waals surface area (Å²) in [6.07, 6.45) is 0. The van der Waals surface area contributed by atoms with Gasteiger partial charge in [0, 0.05) is 17.5 Å². The fraction of sp³-hybridized carbons (Fsp3) is 0.238. The van der Waals surface area contributed by atoms with Gasteiger partial charge in [0.2, 0.25) is 0 Å². The van der Waals surface area contributed by atoms with E-state index in [-0.39, 0.29) is 13.2 Å². The molecular formula is C21H17ClO7. The van der Waals surface area contributed by atoms with Crippen molar-refractivity contribution in [2.45, 2.75) is 13.5 Å². The Balaban J connectivity index is 1.36. The molecule has 0 N–H and O–H groups in total. The van der Waals surface area contributed by atoms with Crippen LogP contribution in [0.2, 0.25) is 5.02 Å². The van der Waals surface area contributed by atoms with E-state index in [1.165, 1.54) is 6.07 Å². The highest BCUT2D eigenvalue weighted by Crippen LogP contribution is 2.38. The summed E-state index contributed by atoms with van der Waals surface area (Å²) in [5.41, 5.74) is 1.44. The molecule has 0 saturated carbocycles. The van der Waals surface area contributed by atoms with Crippen molar-refractivity contribution >= 4 is 28.5 Å². The predicted octanol–water partition coefficient (Wildman–Crippen LogP) is 3.65. The molecule has 0 fully saturated rings. The summed E-state index contributed by atoms with van der Waals surface area (Å²) in [7, 11) is 0. The van der Waals surface area contributed by atoms with Crippen LogP contribution < -0.4 is 19.8 Å². The summed E-state index contributed by atoms with van der Waals surface area (Å²) in [4.78, 5) is 23.5. The van der Waals surface area contributed by atoms with E-state index in [4.69, 9.17) is 35.0 Å². The average Bonchev–Trinajstić information content (AvgIpc) is 2.70. The topological polar surface area (TPSA) is 84.2 Å². The number of esters is 1. The van der Waals surface area contributed by atoms with Crippen LogP contribution in [0.25, 0.3) is 11.0 Å². The molecule has 3 aromatic rings. The van der Waals surface area contributed by atoms with Crippen molar-refractivity contribution in [1.82, 2.24) is 0 Å². The maximum atomic E-state index is 12.0. The van der Waals surface area contributed by atoms with E-state index < -0.39 is 11.6 Å². The van der Waals surface area contributed by atoms with Gasteiger partial charge in [-0.2, -0.15) is 0 Å². The van der Waals surface area contributed by atoms with E-state index in [0.717, 1.165) is 10.9 Å². The quantitative estimate of drug-likeness (QED) is 0.463. The zero-order chi connectivity index (χ0) is 20.4. The van der Waals surface area contributed by atoms with Crippen LogP contribution in [0, 0.1) is 6.92 Å². The number of halogens is 1. The van der Waals surface area contributed by atoms with Gasteiger partial charge in [-0.05, 0) is 42.3 Å². The van der Waals surface area contributed by atoms with Crippen LogP contribution in [0.5, 0.6) is 17.2 Å². The summed E-state index contributed by atoms with van der Waals surface area (Å²) >= 11 is 6.17. The van der Waals surface area contributed by atoms with Crippen LogP contribution in [-0.4, -0.2) is 25.8 Å². The molecule has 29 heavy (non-hydrogen) atoms. The van der Waals surface area contributed by atoms with E-state index in [1.54, 1.807) is 30.3 Å². The second-order valence-electron chi connectivity index (χ2n) is 6.46. The summed E-state index contributed by atoms with van der Waals surface area (Å²) in [6, 6.07) is 9.84. The second kappa shape index (κ2) is 8.05. The third-order valence-corrected chi connectivity index (χ3v) is 4.62. The summed E-state index contributed by atoms with van der Waals surface area (Å²) < 4.78 is 26.8. The predicted molar refractivity (Wildman–Crippen MR) is 105 cm³/mol. The van der Waals surface area contributed by atoms with Crippen molar-refractivity contribution in [3.63, 3.8) is 0 Å². The molecule has 0 radical (unpaired) electrons. The van der Waals surface area contributed by atoms with E-state index in [1.807, 2.05) is 6.92 Å². The molecule has 0 spiro atoms. The normalized spacial score (nSPS) is 12.6. The van der Waals surface area contributed by atoms with Gasteiger partial charge in [-0.25, -0.2) is 9.59 Å². The molecule has 0 saturated heterocycles. The van der Waals surface area contributed by atoms with Gasteiger partial charge < -0.3 is 23.4 Å². The van der Waals surface area contributed by atoms with E-state index >= 15 is 0 Å². The number of fused-ring (bicyclic) bond motifs is 2. The van der Waals surface area contributed by atoms with Crippen LogP contribution in [0.15, 0.2) is 45.6 Å². The number of aryl methyl sites for hydroxylation is 1. The maximum absolute atomic E-state index is 12.0. The Morgan fingerprint density at radius 2 is 1.97 bits per heavy atom. The number of hydrogen-bond acceptors (Lipinski definition) is 7. The third-order valence-electron chi connectivity index (χ3n) is 4.34. The molecule has 0 bridgehead atoms. The van der Waals surface area contributed by atoms with E-state index in [0.29, 0.717) is 46.6 Å². The van der Waals surface area contributed by atoms with Gasteiger partial charge in [0.25, 0.3) is 0 Å². The number of hydrogen-bond donors (Lipinski definition) is 0. The maximum Gasteiger partial charge on any atom is 0.344 e. The van der Waals surface area contributed by atoms with Gasteiger partial charge in [0.15, 0.2) is 18.1 Å². The summed E-state index contributed by atoms with van der Waals surface area (Å²) in [6.45, 7) is 2.42. The molecule has 1 aliphatic rings. The number of carbonyl (C=O) groups is 1. The van der Waals surface area contributed by atoms with Gasteiger partial charge in [-0.1, -0.05) is 11.6 Å². The minimum absolute atomic E-state index is 0.0182. The van der Waals surface area contributed by atoms with Gasteiger partial charge in [0.1, 0.15) is 31.2 Å². The lowest BCUT2D eigenvalue weighted by molar-refractivity contribution is -0.147. The Morgan fingerprint density at radius 3 is 2.83 bits per heavy atom. The van der Waals surface area contributed by atoms with E-state index in [9.17, 15) is 9.59 Å². The highest BCUT2D eigenvalue weighted by atomic mass is 35.5. The Morgan fingerprint density at radius 1 is 1.14 bits per heavy atom. The molecule has 2 heterocycles. The lowest BCUT2D eigenvalue weighted by Crippen LogP contribution is -2.17. The van der Waals surface area contributed by atoms with Gasteiger partial charge >= 0.3 is 11.6 Å². The fourth-order valence-corrected chi connectivity index (χ4v) is 3.28. The van der Waals surface area contributed by atoms with Crippen molar-refractivity contribution in [2.24, 2.45) is 0 Å². The fourth-order valence-electron chi connectivity index (χ4n) is 2.99. The average molecular weight is 417 g/mol. The van der Waals surface area contributed by atoms with Crippen molar-refractivity contribution < 1.29 is 28.2 Å². The summed E-state index contributed by atoms with van der Waals surface area (Å²) in [5, 5.41) is 1.20. The smallest absolute Gasteiger partial charge is 0.344 e. The molecule has 0 unspecified atom stereocenters. The molecule has 4 rings (SSSR count).